The van der Waals surface area contributed by atoms with Gasteiger partial charge in [-0.15, -0.1) is 0 Å². The molecule has 0 aliphatic heterocycles. The smallest absolute Gasteiger partial charge is 0.127 e. The zero-order chi connectivity index (χ0) is 21.1. The third kappa shape index (κ3) is 4.78. The number of halogens is 1. The average molecular weight is 409 g/mol. The summed E-state index contributed by atoms with van der Waals surface area (Å²) in [5, 5.41) is 0. The van der Waals surface area contributed by atoms with Gasteiger partial charge in [-0.1, -0.05) is 43.3 Å². The number of benzene rings is 2. The van der Waals surface area contributed by atoms with E-state index >= 15 is 0 Å². The van der Waals surface area contributed by atoms with Crippen molar-refractivity contribution >= 4 is 0 Å². The topological polar surface area (TPSA) is 52.0 Å². The van der Waals surface area contributed by atoms with Crippen LogP contribution in [0.25, 0.3) is 11.1 Å². The monoisotopic (exact) mass is 408 g/mol. The van der Waals surface area contributed by atoms with Gasteiger partial charge in [-0.25, -0.2) is 4.39 Å². The maximum atomic E-state index is 14.9. The van der Waals surface area contributed by atoms with Gasteiger partial charge in [0, 0.05) is 12.1 Å². The molecule has 162 valence electrons. The number of hydrogen-bond acceptors (Lipinski definition) is 2. The second-order valence-corrected chi connectivity index (χ2v) is 9.65. The average Bonchev–Trinajstić information content (AvgIpc) is 2.79. The van der Waals surface area contributed by atoms with E-state index in [2.05, 4.69) is 37.3 Å². The van der Waals surface area contributed by atoms with E-state index in [0.717, 1.165) is 48.8 Å². The molecule has 0 amide bonds. The summed E-state index contributed by atoms with van der Waals surface area (Å²) in [5.41, 5.74) is 16.6. The fourth-order valence-corrected chi connectivity index (χ4v) is 5.63. The summed E-state index contributed by atoms with van der Waals surface area (Å²) in [7, 11) is 0. The molecule has 4 N–H and O–H groups in total. The molecular formula is C27H37FN2. The van der Waals surface area contributed by atoms with Crippen LogP contribution in [-0.2, 0) is 0 Å². The summed E-state index contributed by atoms with van der Waals surface area (Å²) in [5.74, 6) is 1.57. The third-order valence-corrected chi connectivity index (χ3v) is 7.78. The lowest BCUT2D eigenvalue weighted by atomic mass is 9.75. The summed E-state index contributed by atoms with van der Waals surface area (Å²) >= 11 is 0. The number of nitrogens with two attached hydrogens (primary N) is 2. The molecule has 2 fully saturated rings. The second kappa shape index (κ2) is 9.62. The molecule has 4 rings (SSSR count). The zero-order valence-corrected chi connectivity index (χ0v) is 18.3. The molecule has 0 bridgehead atoms. The van der Waals surface area contributed by atoms with Crippen LogP contribution < -0.4 is 11.5 Å². The lowest BCUT2D eigenvalue weighted by molar-refractivity contribution is 0.277. The molecule has 3 heteroatoms. The maximum Gasteiger partial charge on any atom is 0.127 e. The molecular weight excluding hydrogens is 371 g/mol. The van der Waals surface area contributed by atoms with Crippen molar-refractivity contribution in [1.82, 2.24) is 0 Å². The number of rotatable bonds is 5. The molecule has 0 spiro atoms. The van der Waals surface area contributed by atoms with E-state index < -0.39 is 0 Å². The lowest BCUT2D eigenvalue weighted by Crippen LogP contribution is -2.32. The van der Waals surface area contributed by atoms with Crippen molar-refractivity contribution in [1.29, 1.82) is 0 Å². The van der Waals surface area contributed by atoms with Gasteiger partial charge in [0.05, 0.1) is 0 Å². The van der Waals surface area contributed by atoms with Crippen LogP contribution in [0.3, 0.4) is 0 Å². The van der Waals surface area contributed by atoms with Gasteiger partial charge in [-0.2, -0.15) is 0 Å². The standard InChI is InChI=1S/C27H37FN2/c1-2-27(30)22-9-7-19(8-10-22)18-3-5-20(6-4-18)23-13-16-25(26(28)17-23)21-11-14-24(29)15-12-21/h3-6,13,16-17,19,21-22,24,27H,2,7-12,14-15,29-30H2,1H3. The van der Waals surface area contributed by atoms with Crippen LogP contribution in [0.1, 0.15) is 87.7 Å². The Kier molecular flexibility index (Phi) is 6.90. The van der Waals surface area contributed by atoms with Gasteiger partial charge in [-0.3, -0.25) is 0 Å². The summed E-state index contributed by atoms with van der Waals surface area (Å²) in [4.78, 5) is 0. The predicted molar refractivity (Wildman–Crippen MR) is 124 cm³/mol. The fourth-order valence-electron chi connectivity index (χ4n) is 5.63. The number of hydrogen-bond donors (Lipinski definition) is 2. The minimum Gasteiger partial charge on any atom is -0.328 e. The van der Waals surface area contributed by atoms with Crippen LogP contribution in [0.4, 0.5) is 4.39 Å². The molecule has 2 aromatic rings. The predicted octanol–water partition coefficient (Wildman–Crippen LogP) is 6.49. The van der Waals surface area contributed by atoms with Crippen molar-refractivity contribution in [3.63, 3.8) is 0 Å². The van der Waals surface area contributed by atoms with E-state index in [-0.39, 0.29) is 5.82 Å². The molecule has 2 aliphatic carbocycles. The van der Waals surface area contributed by atoms with Crippen molar-refractivity contribution in [3.8, 4) is 11.1 Å². The molecule has 1 unspecified atom stereocenters. The fraction of sp³-hybridized carbons (Fsp3) is 0.556. The molecule has 2 nitrogen and oxygen atoms in total. The molecule has 2 saturated carbocycles. The van der Waals surface area contributed by atoms with Crippen LogP contribution in [0.15, 0.2) is 42.5 Å². The van der Waals surface area contributed by atoms with Crippen LogP contribution >= 0.6 is 0 Å². The van der Waals surface area contributed by atoms with Gasteiger partial charge in [0.25, 0.3) is 0 Å². The van der Waals surface area contributed by atoms with Gasteiger partial charge in [0.1, 0.15) is 5.82 Å². The van der Waals surface area contributed by atoms with E-state index in [4.69, 9.17) is 11.5 Å². The van der Waals surface area contributed by atoms with Gasteiger partial charge < -0.3 is 11.5 Å². The SMILES string of the molecule is CCC(N)C1CCC(c2ccc(-c3ccc(C4CCC(N)CC4)c(F)c3)cc2)CC1. The van der Waals surface area contributed by atoms with Crippen molar-refractivity contribution in [2.45, 2.75) is 88.6 Å². The highest BCUT2D eigenvalue weighted by atomic mass is 19.1. The highest BCUT2D eigenvalue weighted by Crippen LogP contribution is 2.38. The van der Waals surface area contributed by atoms with Gasteiger partial charge in [0.15, 0.2) is 0 Å². The second-order valence-electron chi connectivity index (χ2n) is 9.65. The Morgan fingerprint density at radius 3 is 2.03 bits per heavy atom. The van der Waals surface area contributed by atoms with Crippen molar-refractivity contribution in [2.75, 3.05) is 0 Å². The van der Waals surface area contributed by atoms with Gasteiger partial charge >= 0.3 is 0 Å². The third-order valence-electron chi connectivity index (χ3n) is 7.78. The van der Waals surface area contributed by atoms with Crippen molar-refractivity contribution < 1.29 is 4.39 Å². The first-order chi connectivity index (χ1) is 14.5. The molecule has 0 aromatic heterocycles. The first kappa shape index (κ1) is 21.5. The quantitative estimate of drug-likeness (QED) is 0.594. The van der Waals surface area contributed by atoms with E-state index in [1.165, 1.54) is 31.2 Å². The first-order valence-corrected chi connectivity index (χ1v) is 12.0. The Hall–Kier alpha value is -1.71. The van der Waals surface area contributed by atoms with Crippen molar-refractivity contribution in [3.05, 3.63) is 59.4 Å². The van der Waals surface area contributed by atoms with Crippen LogP contribution in [0.2, 0.25) is 0 Å². The minimum atomic E-state index is -0.0670. The molecule has 2 aromatic carbocycles. The molecule has 0 heterocycles. The summed E-state index contributed by atoms with van der Waals surface area (Å²) in [6.07, 6.45) is 10.0. The molecule has 2 aliphatic rings. The van der Waals surface area contributed by atoms with Crippen LogP contribution in [0, 0.1) is 11.7 Å². The van der Waals surface area contributed by atoms with E-state index in [1.54, 1.807) is 6.07 Å². The normalized spacial score (nSPS) is 28.3. The largest absolute Gasteiger partial charge is 0.328 e. The van der Waals surface area contributed by atoms with Gasteiger partial charge in [0.2, 0.25) is 0 Å². The van der Waals surface area contributed by atoms with E-state index in [9.17, 15) is 4.39 Å². The summed E-state index contributed by atoms with van der Waals surface area (Å²) in [6, 6.07) is 15.3. The molecule has 0 saturated heterocycles. The van der Waals surface area contributed by atoms with Gasteiger partial charge in [-0.05, 0) is 104 Å². The Labute approximate surface area is 181 Å². The summed E-state index contributed by atoms with van der Waals surface area (Å²) in [6.45, 7) is 2.19. The maximum absolute atomic E-state index is 14.9. The Bertz CT molecular complexity index is 815. The first-order valence-electron chi connectivity index (χ1n) is 12.0. The van der Waals surface area contributed by atoms with Crippen LogP contribution in [-0.4, -0.2) is 12.1 Å². The zero-order valence-electron chi connectivity index (χ0n) is 18.3. The Balaban J connectivity index is 1.41. The highest BCUT2D eigenvalue weighted by molar-refractivity contribution is 5.64. The van der Waals surface area contributed by atoms with Crippen LogP contribution in [0.5, 0.6) is 0 Å². The minimum absolute atomic E-state index is 0.0670. The van der Waals surface area contributed by atoms with E-state index in [1.807, 2.05) is 6.07 Å². The lowest BCUT2D eigenvalue weighted by Gasteiger charge is -2.32. The molecule has 0 radical (unpaired) electrons. The Morgan fingerprint density at radius 2 is 1.43 bits per heavy atom. The van der Waals surface area contributed by atoms with Crippen molar-refractivity contribution in [2.24, 2.45) is 17.4 Å². The Morgan fingerprint density at radius 1 is 0.833 bits per heavy atom. The summed E-state index contributed by atoms with van der Waals surface area (Å²) < 4.78 is 14.9. The molecule has 30 heavy (non-hydrogen) atoms. The highest BCUT2D eigenvalue weighted by Gasteiger charge is 2.26. The molecule has 1 atom stereocenters. The van der Waals surface area contributed by atoms with E-state index in [0.29, 0.717) is 29.8 Å².